The van der Waals surface area contributed by atoms with E-state index in [2.05, 4.69) is 70.8 Å². The summed E-state index contributed by atoms with van der Waals surface area (Å²) >= 11 is 0. The molecular weight excluding hydrogens is 478 g/mol. The van der Waals surface area contributed by atoms with E-state index in [0.717, 1.165) is 35.3 Å². The van der Waals surface area contributed by atoms with E-state index in [4.69, 9.17) is 9.68 Å². The second-order valence-corrected chi connectivity index (χ2v) is 9.00. The first-order chi connectivity index (χ1) is 18.5. The summed E-state index contributed by atoms with van der Waals surface area (Å²) in [6, 6.07) is 30.2. The van der Waals surface area contributed by atoms with Gasteiger partial charge in [0.05, 0.1) is 12.4 Å². The largest absolute Gasteiger partial charge is 0.508 e. The van der Waals surface area contributed by atoms with Crippen LogP contribution in [0.25, 0.3) is 0 Å². The van der Waals surface area contributed by atoms with Crippen molar-refractivity contribution in [2.24, 2.45) is 10.3 Å². The van der Waals surface area contributed by atoms with Crippen LogP contribution in [0.5, 0.6) is 11.5 Å². The average Bonchev–Trinajstić information content (AvgIpc) is 2.93. The van der Waals surface area contributed by atoms with E-state index in [-0.39, 0.29) is 11.5 Å². The molecule has 0 saturated heterocycles. The molecule has 4 rings (SSSR count). The van der Waals surface area contributed by atoms with Gasteiger partial charge in [-0.3, -0.25) is 4.90 Å². The van der Waals surface area contributed by atoms with E-state index < -0.39 is 0 Å². The predicted molar refractivity (Wildman–Crippen MR) is 149 cm³/mol. The molecule has 0 bridgehead atoms. The van der Waals surface area contributed by atoms with Gasteiger partial charge in [-0.25, -0.2) is 0 Å². The molecule has 0 heterocycles. The van der Waals surface area contributed by atoms with Crippen molar-refractivity contribution in [2.75, 3.05) is 7.05 Å². The van der Waals surface area contributed by atoms with Crippen LogP contribution in [0.3, 0.4) is 0 Å². The van der Waals surface area contributed by atoms with Crippen LogP contribution >= 0.6 is 0 Å². The lowest BCUT2D eigenvalue weighted by molar-refractivity contribution is 0.132. The molecular formula is C31H31N3O4. The molecule has 7 nitrogen and oxygen atoms in total. The number of aromatic hydroxyl groups is 2. The first-order valence-electron chi connectivity index (χ1n) is 12.3. The zero-order valence-electron chi connectivity index (χ0n) is 21.3. The van der Waals surface area contributed by atoms with Gasteiger partial charge >= 0.3 is 0 Å². The summed E-state index contributed by atoms with van der Waals surface area (Å²) in [5.74, 6) is 0.449. The Bertz CT molecular complexity index is 1210. The molecule has 0 fully saturated rings. The van der Waals surface area contributed by atoms with Gasteiger partial charge in [-0.15, -0.1) is 0 Å². The second kappa shape index (κ2) is 13.6. The minimum atomic E-state index is 0.225. The van der Waals surface area contributed by atoms with Crippen LogP contribution in [0.4, 0.5) is 0 Å². The van der Waals surface area contributed by atoms with Gasteiger partial charge in [-0.05, 0) is 89.0 Å². The summed E-state index contributed by atoms with van der Waals surface area (Å²) in [6.07, 6.45) is 3.24. The van der Waals surface area contributed by atoms with E-state index in [0.29, 0.717) is 13.2 Å². The zero-order chi connectivity index (χ0) is 26.6. The summed E-state index contributed by atoms with van der Waals surface area (Å²) < 4.78 is 0. The highest BCUT2D eigenvalue weighted by molar-refractivity contribution is 5.79. The highest BCUT2D eigenvalue weighted by atomic mass is 16.6. The lowest BCUT2D eigenvalue weighted by Crippen LogP contribution is -2.17. The molecule has 4 aromatic rings. The van der Waals surface area contributed by atoms with Gasteiger partial charge in [-0.2, -0.15) is 0 Å². The van der Waals surface area contributed by atoms with Gasteiger partial charge < -0.3 is 19.9 Å². The number of phenols is 2. The number of rotatable bonds is 12. The van der Waals surface area contributed by atoms with Crippen molar-refractivity contribution in [3.8, 4) is 11.5 Å². The molecule has 194 valence electrons. The Labute approximate surface area is 222 Å². The van der Waals surface area contributed by atoms with Gasteiger partial charge in [0.25, 0.3) is 0 Å². The highest BCUT2D eigenvalue weighted by Crippen LogP contribution is 2.13. The second-order valence-electron chi connectivity index (χ2n) is 9.00. The lowest BCUT2D eigenvalue weighted by atomic mass is 10.1. The van der Waals surface area contributed by atoms with Crippen molar-refractivity contribution < 1.29 is 19.9 Å². The quantitative estimate of drug-likeness (QED) is 0.185. The average molecular weight is 510 g/mol. The van der Waals surface area contributed by atoms with Gasteiger partial charge in [-0.1, -0.05) is 58.8 Å². The van der Waals surface area contributed by atoms with Crippen LogP contribution in [0.2, 0.25) is 0 Å². The molecule has 4 aromatic carbocycles. The third-order valence-corrected chi connectivity index (χ3v) is 5.75. The Morgan fingerprint density at radius 3 is 1.26 bits per heavy atom. The molecule has 0 unspecified atom stereocenters. The molecule has 0 amide bonds. The number of benzene rings is 4. The Kier molecular flexibility index (Phi) is 9.48. The molecule has 0 saturated carbocycles. The fourth-order valence-corrected chi connectivity index (χ4v) is 3.70. The normalized spacial score (nSPS) is 11.4. The number of hydrogen-bond donors (Lipinski definition) is 2. The molecule has 0 aliphatic carbocycles. The standard InChI is InChI=1S/C31H31N3O4/c1-34(20-26-2-6-28(7-3-26)22-37-32-18-24-10-14-30(35)15-11-24)21-27-4-8-29(9-5-27)23-38-33-19-25-12-16-31(36)17-13-25/h2-19,35-36H,20-23H2,1H3/b32-18+,33-19+. The monoisotopic (exact) mass is 509 g/mol. The van der Waals surface area contributed by atoms with Gasteiger partial charge in [0.2, 0.25) is 0 Å². The van der Waals surface area contributed by atoms with Crippen molar-refractivity contribution in [1.82, 2.24) is 4.90 Å². The van der Waals surface area contributed by atoms with Crippen molar-refractivity contribution in [3.05, 3.63) is 130 Å². The van der Waals surface area contributed by atoms with E-state index in [1.165, 1.54) is 11.1 Å². The first-order valence-corrected chi connectivity index (χ1v) is 12.3. The third kappa shape index (κ3) is 8.80. The topological polar surface area (TPSA) is 86.9 Å². The van der Waals surface area contributed by atoms with E-state index >= 15 is 0 Å². The zero-order valence-corrected chi connectivity index (χ0v) is 21.3. The number of hydrogen-bond acceptors (Lipinski definition) is 7. The molecule has 0 aliphatic rings. The van der Waals surface area contributed by atoms with E-state index in [1.54, 1.807) is 61.0 Å². The fourth-order valence-electron chi connectivity index (χ4n) is 3.70. The first kappa shape index (κ1) is 26.4. The molecule has 2 N–H and O–H groups in total. The molecule has 0 atom stereocenters. The van der Waals surface area contributed by atoms with Crippen molar-refractivity contribution >= 4 is 12.4 Å². The summed E-state index contributed by atoms with van der Waals surface area (Å²) in [5, 5.41) is 26.6. The lowest BCUT2D eigenvalue weighted by Gasteiger charge is -2.17. The minimum Gasteiger partial charge on any atom is -0.508 e. The Hall–Kier alpha value is -4.62. The molecule has 0 spiro atoms. The summed E-state index contributed by atoms with van der Waals surface area (Å²) in [4.78, 5) is 13.0. The smallest absolute Gasteiger partial charge is 0.142 e. The van der Waals surface area contributed by atoms with Crippen LogP contribution in [0, 0.1) is 0 Å². The van der Waals surface area contributed by atoms with Crippen molar-refractivity contribution in [3.63, 3.8) is 0 Å². The van der Waals surface area contributed by atoms with Crippen LogP contribution < -0.4 is 0 Å². The molecule has 38 heavy (non-hydrogen) atoms. The molecule has 0 aliphatic heterocycles. The van der Waals surface area contributed by atoms with Gasteiger partial charge in [0.15, 0.2) is 0 Å². The summed E-state index contributed by atoms with van der Waals surface area (Å²) in [7, 11) is 2.10. The highest BCUT2D eigenvalue weighted by Gasteiger charge is 2.04. The van der Waals surface area contributed by atoms with Crippen molar-refractivity contribution in [2.45, 2.75) is 26.3 Å². The fraction of sp³-hybridized carbons (Fsp3) is 0.161. The molecule has 0 radical (unpaired) electrons. The van der Waals surface area contributed by atoms with Gasteiger partial charge in [0.1, 0.15) is 24.7 Å². The minimum absolute atomic E-state index is 0.225. The third-order valence-electron chi connectivity index (χ3n) is 5.75. The summed E-state index contributed by atoms with van der Waals surface area (Å²) in [6.45, 7) is 2.44. The number of nitrogens with zero attached hydrogens (tertiary/aromatic N) is 3. The Morgan fingerprint density at radius 1 is 0.553 bits per heavy atom. The van der Waals surface area contributed by atoms with Crippen LogP contribution in [-0.2, 0) is 36.0 Å². The maximum Gasteiger partial charge on any atom is 0.142 e. The SMILES string of the molecule is CN(Cc1ccc(CO/N=C/c2ccc(O)cc2)cc1)Cc1ccc(CO/N=C/c2ccc(O)cc2)cc1. The number of oxime groups is 2. The Balaban J connectivity index is 1.17. The number of phenolic OH excluding ortho intramolecular Hbond substituents is 2. The maximum absolute atomic E-state index is 9.31. The Morgan fingerprint density at radius 2 is 0.895 bits per heavy atom. The van der Waals surface area contributed by atoms with E-state index in [9.17, 15) is 10.2 Å². The van der Waals surface area contributed by atoms with Crippen LogP contribution in [-0.4, -0.2) is 34.6 Å². The summed E-state index contributed by atoms with van der Waals surface area (Å²) in [5.41, 5.74) is 6.26. The maximum atomic E-state index is 9.31. The molecule has 0 aromatic heterocycles. The van der Waals surface area contributed by atoms with E-state index in [1.807, 2.05) is 0 Å². The molecule has 7 heteroatoms. The van der Waals surface area contributed by atoms with Crippen LogP contribution in [0.15, 0.2) is 107 Å². The predicted octanol–water partition coefficient (Wildman–Crippen LogP) is 5.83. The van der Waals surface area contributed by atoms with Gasteiger partial charge in [0, 0.05) is 13.1 Å². The van der Waals surface area contributed by atoms with Crippen molar-refractivity contribution in [1.29, 1.82) is 0 Å². The van der Waals surface area contributed by atoms with Crippen LogP contribution in [0.1, 0.15) is 33.4 Å².